The second-order valence-corrected chi connectivity index (χ2v) is 4.92. The van der Waals surface area contributed by atoms with Gasteiger partial charge in [-0.15, -0.1) is 12.4 Å². The minimum atomic E-state index is -0.291. The van der Waals surface area contributed by atoms with E-state index in [0.717, 1.165) is 32.4 Å². The van der Waals surface area contributed by atoms with E-state index in [4.69, 9.17) is 0 Å². The molecular formula is C15H21ClFNO. The fraction of sp³-hybridized carbons (Fsp3) is 0.533. The predicted molar refractivity (Wildman–Crippen MR) is 77.5 cm³/mol. The van der Waals surface area contributed by atoms with Gasteiger partial charge in [0.25, 0.3) is 0 Å². The van der Waals surface area contributed by atoms with Gasteiger partial charge in [-0.1, -0.05) is 13.3 Å². The van der Waals surface area contributed by atoms with Crippen LogP contribution in [0, 0.1) is 5.82 Å². The van der Waals surface area contributed by atoms with Gasteiger partial charge in [-0.3, -0.25) is 9.69 Å². The molecule has 1 aromatic rings. The molecule has 106 valence electrons. The highest BCUT2D eigenvalue weighted by atomic mass is 35.5. The Balaban J connectivity index is 0.00000180. The largest absolute Gasteiger partial charge is 0.293 e. The van der Waals surface area contributed by atoms with E-state index in [1.165, 1.54) is 18.6 Å². The number of carbonyl (C=O) groups is 1. The summed E-state index contributed by atoms with van der Waals surface area (Å²) in [5.74, 6) is -0.149. The summed E-state index contributed by atoms with van der Waals surface area (Å²) in [6.07, 6.45) is 4.27. The van der Waals surface area contributed by atoms with Crippen LogP contribution in [-0.4, -0.2) is 29.8 Å². The molecule has 1 fully saturated rings. The molecule has 1 aromatic carbocycles. The first kappa shape index (κ1) is 16.1. The monoisotopic (exact) mass is 285 g/mol. The minimum Gasteiger partial charge on any atom is -0.293 e. The number of nitrogens with zero attached hydrogens (tertiary/aromatic N) is 1. The highest BCUT2D eigenvalue weighted by Crippen LogP contribution is 2.21. The summed E-state index contributed by atoms with van der Waals surface area (Å²) in [7, 11) is 0. The summed E-state index contributed by atoms with van der Waals surface area (Å²) in [5.41, 5.74) is 0.629. The van der Waals surface area contributed by atoms with Crippen LogP contribution < -0.4 is 0 Å². The van der Waals surface area contributed by atoms with Gasteiger partial charge < -0.3 is 0 Å². The molecule has 1 atom stereocenters. The first-order chi connectivity index (χ1) is 8.72. The smallest absolute Gasteiger partial charge is 0.179 e. The maximum Gasteiger partial charge on any atom is 0.179 e. The van der Waals surface area contributed by atoms with E-state index < -0.39 is 0 Å². The number of carbonyl (C=O) groups excluding carboxylic acids is 1. The number of ketones is 1. The number of halogens is 2. The molecule has 0 aromatic heterocycles. The summed E-state index contributed by atoms with van der Waals surface area (Å²) in [5, 5.41) is 0. The van der Waals surface area contributed by atoms with Gasteiger partial charge in [0.1, 0.15) is 5.82 Å². The lowest BCUT2D eigenvalue weighted by Crippen LogP contribution is -2.44. The molecule has 0 saturated carbocycles. The van der Waals surface area contributed by atoms with E-state index in [0.29, 0.717) is 5.56 Å². The molecule has 1 heterocycles. The highest BCUT2D eigenvalue weighted by molar-refractivity contribution is 6.00. The maximum atomic E-state index is 12.9. The van der Waals surface area contributed by atoms with E-state index in [1.807, 2.05) is 0 Å². The van der Waals surface area contributed by atoms with Crippen molar-refractivity contribution in [3.8, 4) is 0 Å². The van der Waals surface area contributed by atoms with Crippen molar-refractivity contribution in [3.05, 3.63) is 35.6 Å². The summed E-state index contributed by atoms with van der Waals surface area (Å²) in [4.78, 5) is 14.7. The van der Waals surface area contributed by atoms with Gasteiger partial charge in [0, 0.05) is 5.56 Å². The van der Waals surface area contributed by atoms with Gasteiger partial charge in [0.05, 0.1) is 6.04 Å². The zero-order chi connectivity index (χ0) is 13.0. The van der Waals surface area contributed by atoms with Crippen LogP contribution in [0.2, 0.25) is 0 Å². The van der Waals surface area contributed by atoms with Crippen molar-refractivity contribution < 1.29 is 9.18 Å². The Bertz CT molecular complexity index is 405. The fourth-order valence-corrected chi connectivity index (χ4v) is 2.65. The van der Waals surface area contributed by atoms with E-state index in [-0.39, 0.29) is 30.0 Å². The third kappa shape index (κ3) is 4.02. The number of piperidine rings is 1. The molecule has 4 heteroatoms. The first-order valence-electron chi connectivity index (χ1n) is 6.76. The molecule has 2 rings (SSSR count). The number of likely N-dealkylation sites (tertiary alicyclic amines) is 1. The van der Waals surface area contributed by atoms with Crippen LogP contribution >= 0.6 is 12.4 Å². The van der Waals surface area contributed by atoms with Gasteiger partial charge in [0.15, 0.2) is 5.78 Å². The standard InChI is InChI=1S/C15H20FNO.ClH/c1-2-10-17-11-4-3-5-14(17)15(18)12-6-8-13(16)9-7-12;/h6-9,14H,2-5,10-11H2,1H3;1H. The first-order valence-corrected chi connectivity index (χ1v) is 6.76. The average Bonchev–Trinajstić information content (AvgIpc) is 2.40. The van der Waals surface area contributed by atoms with Crippen molar-refractivity contribution in [2.24, 2.45) is 0 Å². The average molecular weight is 286 g/mol. The molecule has 0 aliphatic carbocycles. The second kappa shape index (κ2) is 7.61. The van der Waals surface area contributed by atoms with Crippen molar-refractivity contribution in [2.45, 2.75) is 38.6 Å². The van der Waals surface area contributed by atoms with Gasteiger partial charge >= 0.3 is 0 Å². The van der Waals surface area contributed by atoms with Crippen LogP contribution in [0.4, 0.5) is 4.39 Å². The highest BCUT2D eigenvalue weighted by Gasteiger charge is 2.28. The maximum absolute atomic E-state index is 12.9. The molecule has 19 heavy (non-hydrogen) atoms. The summed E-state index contributed by atoms with van der Waals surface area (Å²) < 4.78 is 12.9. The van der Waals surface area contributed by atoms with Gasteiger partial charge in [-0.2, -0.15) is 0 Å². The molecule has 0 bridgehead atoms. The Kier molecular flexibility index (Phi) is 6.46. The Morgan fingerprint density at radius 3 is 2.63 bits per heavy atom. The van der Waals surface area contributed by atoms with E-state index >= 15 is 0 Å². The third-order valence-corrected chi connectivity index (χ3v) is 3.56. The molecule has 1 aliphatic heterocycles. The number of benzene rings is 1. The van der Waals surface area contributed by atoms with Gasteiger partial charge in [-0.05, 0) is 56.6 Å². The fourth-order valence-electron chi connectivity index (χ4n) is 2.65. The molecule has 0 spiro atoms. The topological polar surface area (TPSA) is 20.3 Å². The Labute approximate surface area is 120 Å². The normalized spacial score (nSPS) is 19.8. The van der Waals surface area contributed by atoms with Crippen molar-refractivity contribution >= 4 is 18.2 Å². The molecule has 0 amide bonds. The number of rotatable bonds is 4. The Hall–Kier alpha value is -0.930. The van der Waals surface area contributed by atoms with Crippen molar-refractivity contribution in [2.75, 3.05) is 13.1 Å². The van der Waals surface area contributed by atoms with E-state index in [1.54, 1.807) is 12.1 Å². The third-order valence-electron chi connectivity index (χ3n) is 3.56. The van der Waals surface area contributed by atoms with Crippen molar-refractivity contribution in [1.29, 1.82) is 0 Å². The van der Waals surface area contributed by atoms with E-state index in [2.05, 4.69) is 11.8 Å². The van der Waals surface area contributed by atoms with Gasteiger partial charge in [-0.25, -0.2) is 4.39 Å². The minimum absolute atomic E-state index is 0. The molecule has 1 saturated heterocycles. The van der Waals surface area contributed by atoms with Crippen LogP contribution in [0.5, 0.6) is 0 Å². The quantitative estimate of drug-likeness (QED) is 0.786. The van der Waals surface area contributed by atoms with Crippen LogP contribution in [0.15, 0.2) is 24.3 Å². The lowest BCUT2D eigenvalue weighted by Gasteiger charge is -2.34. The Morgan fingerprint density at radius 2 is 2.00 bits per heavy atom. The zero-order valence-electron chi connectivity index (χ0n) is 11.3. The SMILES string of the molecule is CCCN1CCCCC1C(=O)c1ccc(F)cc1.Cl. The number of hydrogen-bond donors (Lipinski definition) is 0. The van der Waals surface area contributed by atoms with Crippen LogP contribution in [-0.2, 0) is 0 Å². The summed E-state index contributed by atoms with van der Waals surface area (Å²) in [6, 6.07) is 5.90. The molecule has 0 radical (unpaired) electrons. The molecule has 1 unspecified atom stereocenters. The number of Topliss-reactive ketones (excluding diaryl/α,β-unsaturated/α-hetero) is 1. The molecule has 0 N–H and O–H groups in total. The zero-order valence-corrected chi connectivity index (χ0v) is 12.1. The Morgan fingerprint density at radius 1 is 1.32 bits per heavy atom. The molecular weight excluding hydrogens is 265 g/mol. The van der Waals surface area contributed by atoms with Crippen LogP contribution in [0.25, 0.3) is 0 Å². The molecule has 2 nitrogen and oxygen atoms in total. The predicted octanol–water partition coefficient (Wildman–Crippen LogP) is 3.69. The summed E-state index contributed by atoms with van der Waals surface area (Å²) >= 11 is 0. The lowest BCUT2D eigenvalue weighted by molar-refractivity contribution is 0.0747. The van der Waals surface area contributed by atoms with Crippen LogP contribution in [0.1, 0.15) is 43.0 Å². The van der Waals surface area contributed by atoms with Crippen molar-refractivity contribution in [1.82, 2.24) is 4.90 Å². The van der Waals surface area contributed by atoms with E-state index in [9.17, 15) is 9.18 Å². The van der Waals surface area contributed by atoms with Gasteiger partial charge in [0.2, 0.25) is 0 Å². The summed E-state index contributed by atoms with van der Waals surface area (Å²) in [6.45, 7) is 4.11. The number of hydrogen-bond acceptors (Lipinski definition) is 2. The van der Waals surface area contributed by atoms with Crippen LogP contribution in [0.3, 0.4) is 0 Å². The lowest BCUT2D eigenvalue weighted by atomic mass is 9.94. The van der Waals surface area contributed by atoms with Crippen molar-refractivity contribution in [3.63, 3.8) is 0 Å². The second-order valence-electron chi connectivity index (χ2n) is 4.92. The molecule has 1 aliphatic rings.